The molecule has 3 nitrogen and oxygen atoms in total. The monoisotopic (exact) mass is 365 g/mol. The van der Waals surface area contributed by atoms with Gasteiger partial charge in [0.2, 0.25) is 0 Å². The van der Waals surface area contributed by atoms with Crippen LogP contribution in [-0.4, -0.2) is 49.6 Å². The fraction of sp³-hybridized carbons (Fsp3) is 0.500. The van der Waals surface area contributed by atoms with E-state index in [0.29, 0.717) is 0 Å². The number of aryl methyl sites for hydroxylation is 1. The van der Waals surface area contributed by atoms with Crippen LogP contribution in [0.4, 0.5) is 5.69 Å². The number of unbranched alkanes of at least 4 members (excludes halogenated alkanes) is 1. The van der Waals surface area contributed by atoms with Crippen LogP contribution < -0.4 is 5.73 Å². The minimum atomic E-state index is 0.972. The van der Waals surface area contributed by atoms with Crippen LogP contribution in [0.3, 0.4) is 0 Å². The zero-order valence-corrected chi connectivity index (χ0v) is 17.3. The third-order valence-electron chi connectivity index (χ3n) is 5.93. The van der Waals surface area contributed by atoms with Gasteiger partial charge in [0, 0.05) is 38.4 Å². The minimum absolute atomic E-state index is 0.972. The lowest BCUT2D eigenvalue weighted by atomic mass is 9.92. The number of benzene rings is 2. The van der Waals surface area contributed by atoms with Crippen LogP contribution in [0.25, 0.3) is 11.1 Å². The van der Waals surface area contributed by atoms with Gasteiger partial charge in [0.1, 0.15) is 0 Å². The summed E-state index contributed by atoms with van der Waals surface area (Å²) in [7, 11) is 2.21. The molecular formula is C24H35N3. The zero-order chi connectivity index (χ0) is 19.2. The van der Waals surface area contributed by atoms with E-state index in [-0.39, 0.29) is 0 Å². The topological polar surface area (TPSA) is 32.5 Å². The van der Waals surface area contributed by atoms with Gasteiger partial charge in [0.15, 0.2) is 0 Å². The molecule has 1 heterocycles. The number of anilines is 1. The Balaban J connectivity index is 1.69. The summed E-state index contributed by atoms with van der Waals surface area (Å²) >= 11 is 0. The van der Waals surface area contributed by atoms with Crippen molar-refractivity contribution in [1.29, 1.82) is 0 Å². The van der Waals surface area contributed by atoms with Crippen molar-refractivity contribution in [2.24, 2.45) is 0 Å². The minimum Gasteiger partial charge on any atom is -0.398 e. The van der Waals surface area contributed by atoms with Crippen molar-refractivity contribution in [3.63, 3.8) is 0 Å². The predicted octanol–water partition coefficient (Wildman–Crippen LogP) is 4.38. The van der Waals surface area contributed by atoms with Gasteiger partial charge < -0.3 is 15.5 Å². The molecular weight excluding hydrogens is 330 g/mol. The van der Waals surface area contributed by atoms with E-state index in [2.05, 4.69) is 67.1 Å². The molecule has 2 N–H and O–H groups in total. The zero-order valence-electron chi connectivity index (χ0n) is 17.3. The number of nitrogen functional groups attached to an aromatic ring is 1. The lowest BCUT2D eigenvalue weighted by molar-refractivity contribution is 0.155. The van der Waals surface area contributed by atoms with Crippen molar-refractivity contribution in [2.45, 2.75) is 39.5 Å². The van der Waals surface area contributed by atoms with Crippen LogP contribution in [0.15, 0.2) is 36.4 Å². The molecule has 2 aromatic carbocycles. The second kappa shape index (κ2) is 9.38. The Morgan fingerprint density at radius 3 is 2.30 bits per heavy atom. The molecule has 0 atom stereocenters. The fourth-order valence-corrected chi connectivity index (χ4v) is 3.88. The van der Waals surface area contributed by atoms with E-state index in [9.17, 15) is 0 Å². The first-order valence-corrected chi connectivity index (χ1v) is 10.5. The van der Waals surface area contributed by atoms with Crippen molar-refractivity contribution in [2.75, 3.05) is 45.5 Å². The molecule has 1 fully saturated rings. The third-order valence-corrected chi connectivity index (χ3v) is 5.93. The van der Waals surface area contributed by atoms with Crippen molar-refractivity contribution >= 4 is 5.69 Å². The lowest BCUT2D eigenvalue weighted by Crippen LogP contribution is -2.45. The Bertz CT molecular complexity index is 728. The standard InChI is InChI=1S/C24H35N3/c1-4-5-6-23-22(12-7-19(2)24(23)25)21-10-8-20(9-11-21)13-14-27-17-15-26(3)16-18-27/h7-12H,4-6,13-18,25H2,1-3H3. The summed E-state index contributed by atoms with van der Waals surface area (Å²) in [5.41, 5.74) is 13.9. The number of nitrogens with two attached hydrogens (primary N) is 1. The van der Waals surface area contributed by atoms with Gasteiger partial charge in [-0.05, 0) is 61.1 Å². The summed E-state index contributed by atoms with van der Waals surface area (Å²) in [6.07, 6.45) is 4.56. The quantitative estimate of drug-likeness (QED) is 0.739. The smallest absolute Gasteiger partial charge is 0.0382 e. The molecule has 0 amide bonds. The van der Waals surface area contributed by atoms with E-state index in [1.54, 1.807) is 0 Å². The molecule has 1 aliphatic heterocycles. The van der Waals surface area contributed by atoms with Gasteiger partial charge in [-0.3, -0.25) is 0 Å². The van der Waals surface area contributed by atoms with Crippen LogP contribution in [0.1, 0.15) is 36.5 Å². The van der Waals surface area contributed by atoms with Gasteiger partial charge in [0.05, 0.1) is 0 Å². The number of likely N-dealkylation sites (N-methyl/N-ethyl adjacent to an activating group) is 1. The predicted molar refractivity (Wildman–Crippen MR) is 117 cm³/mol. The first kappa shape index (κ1) is 19.9. The number of piperazine rings is 1. The van der Waals surface area contributed by atoms with Gasteiger partial charge in [0.25, 0.3) is 0 Å². The van der Waals surface area contributed by atoms with Gasteiger partial charge >= 0.3 is 0 Å². The summed E-state index contributed by atoms with van der Waals surface area (Å²) in [6.45, 7) is 10.3. The van der Waals surface area contributed by atoms with Crippen LogP contribution in [0.2, 0.25) is 0 Å². The van der Waals surface area contributed by atoms with E-state index in [1.165, 1.54) is 66.8 Å². The molecule has 0 aliphatic carbocycles. The molecule has 27 heavy (non-hydrogen) atoms. The first-order valence-electron chi connectivity index (χ1n) is 10.5. The van der Waals surface area contributed by atoms with E-state index < -0.39 is 0 Å². The Kier molecular flexibility index (Phi) is 6.92. The number of nitrogens with zero attached hydrogens (tertiary/aromatic N) is 2. The average Bonchev–Trinajstić information content (AvgIpc) is 2.69. The van der Waals surface area contributed by atoms with Crippen LogP contribution in [-0.2, 0) is 12.8 Å². The van der Waals surface area contributed by atoms with Crippen molar-refractivity contribution < 1.29 is 0 Å². The van der Waals surface area contributed by atoms with Gasteiger partial charge in [-0.25, -0.2) is 0 Å². The normalized spacial score (nSPS) is 16.0. The highest BCUT2D eigenvalue weighted by atomic mass is 15.2. The summed E-state index contributed by atoms with van der Waals surface area (Å²) in [5.74, 6) is 0. The Morgan fingerprint density at radius 1 is 0.926 bits per heavy atom. The Labute approximate surface area is 165 Å². The highest BCUT2D eigenvalue weighted by molar-refractivity contribution is 5.75. The average molecular weight is 366 g/mol. The van der Waals surface area contributed by atoms with Crippen molar-refractivity contribution in [3.8, 4) is 11.1 Å². The Hall–Kier alpha value is -1.84. The maximum atomic E-state index is 6.42. The Morgan fingerprint density at radius 2 is 1.63 bits per heavy atom. The fourth-order valence-electron chi connectivity index (χ4n) is 3.88. The molecule has 3 rings (SSSR count). The molecule has 0 saturated carbocycles. The van der Waals surface area contributed by atoms with Gasteiger partial charge in [-0.15, -0.1) is 0 Å². The number of hydrogen-bond acceptors (Lipinski definition) is 3. The van der Waals surface area contributed by atoms with Crippen LogP contribution in [0.5, 0.6) is 0 Å². The SMILES string of the molecule is CCCCc1c(-c2ccc(CCN3CCN(C)CC3)cc2)ccc(C)c1N. The highest BCUT2D eigenvalue weighted by Gasteiger charge is 2.14. The maximum absolute atomic E-state index is 6.42. The van der Waals surface area contributed by atoms with E-state index in [1.807, 2.05) is 0 Å². The summed E-state index contributed by atoms with van der Waals surface area (Å²) < 4.78 is 0. The second-order valence-electron chi connectivity index (χ2n) is 8.02. The molecule has 146 valence electrons. The molecule has 0 unspecified atom stereocenters. The van der Waals surface area contributed by atoms with Crippen molar-refractivity contribution in [1.82, 2.24) is 9.80 Å². The lowest BCUT2D eigenvalue weighted by Gasteiger charge is -2.32. The molecule has 2 aromatic rings. The van der Waals surface area contributed by atoms with E-state index in [0.717, 1.165) is 25.1 Å². The largest absolute Gasteiger partial charge is 0.398 e. The van der Waals surface area contributed by atoms with E-state index >= 15 is 0 Å². The number of hydrogen-bond donors (Lipinski definition) is 1. The summed E-state index contributed by atoms with van der Waals surface area (Å²) in [5, 5.41) is 0. The van der Waals surface area contributed by atoms with Crippen molar-refractivity contribution in [3.05, 3.63) is 53.1 Å². The maximum Gasteiger partial charge on any atom is 0.0382 e. The highest BCUT2D eigenvalue weighted by Crippen LogP contribution is 2.31. The van der Waals surface area contributed by atoms with Gasteiger partial charge in [-0.2, -0.15) is 0 Å². The number of rotatable bonds is 7. The molecule has 0 aromatic heterocycles. The van der Waals surface area contributed by atoms with Crippen LogP contribution in [0, 0.1) is 6.92 Å². The van der Waals surface area contributed by atoms with E-state index in [4.69, 9.17) is 5.73 Å². The molecule has 0 bridgehead atoms. The summed E-state index contributed by atoms with van der Waals surface area (Å²) in [4.78, 5) is 4.99. The summed E-state index contributed by atoms with van der Waals surface area (Å²) in [6, 6.07) is 13.5. The molecule has 0 radical (unpaired) electrons. The molecule has 0 spiro atoms. The molecule has 1 aliphatic rings. The van der Waals surface area contributed by atoms with Crippen LogP contribution >= 0.6 is 0 Å². The second-order valence-corrected chi connectivity index (χ2v) is 8.02. The molecule has 3 heteroatoms. The first-order chi connectivity index (χ1) is 13.1. The third kappa shape index (κ3) is 5.12. The molecule has 1 saturated heterocycles. The van der Waals surface area contributed by atoms with Gasteiger partial charge in [-0.1, -0.05) is 49.7 Å².